The maximum Gasteiger partial charge on any atom is 0.287 e. The van der Waals surface area contributed by atoms with Crippen LogP contribution in [0.15, 0.2) is 34.7 Å². The van der Waals surface area contributed by atoms with Crippen LogP contribution < -0.4 is 11.1 Å². The first kappa shape index (κ1) is 14.4. The fraction of sp³-hybridized carbons (Fsp3) is 0.214. The van der Waals surface area contributed by atoms with E-state index in [-0.39, 0.29) is 11.7 Å². The monoisotopic (exact) mass is 294 g/mol. The summed E-state index contributed by atoms with van der Waals surface area (Å²) in [5, 5.41) is 3.16. The SMILES string of the molecule is COCCNC(=O)c1ccc(-c2ccc(N)cc2Cl)o1. The number of halogens is 1. The molecule has 3 N–H and O–H groups in total. The summed E-state index contributed by atoms with van der Waals surface area (Å²) in [4.78, 5) is 11.8. The highest BCUT2D eigenvalue weighted by molar-refractivity contribution is 6.33. The minimum atomic E-state index is -0.292. The van der Waals surface area contributed by atoms with Gasteiger partial charge in [0.05, 0.1) is 11.6 Å². The number of anilines is 1. The summed E-state index contributed by atoms with van der Waals surface area (Å²) in [5.74, 6) is 0.454. The number of carbonyl (C=O) groups is 1. The number of methoxy groups -OCH3 is 1. The Morgan fingerprint density at radius 3 is 2.90 bits per heavy atom. The molecular weight excluding hydrogens is 280 g/mol. The van der Waals surface area contributed by atoms with Crippen molar-refractivity contribution in [3.8, 4) is 11.3 Å². The van der Waals surface area contributed by atoms with Crippen LogP contribution in [0.25, 0.3) is 11.3 Å². The third-order valence-electron chi connectivity index (χ3n) is 2.68. The molecule has 0 unspecified atom stereocenters. The molecule has 1 heterocycles. The van der Waals surface area contributed by atoms with E-state index in [9.17, 15) is 4.79 Å². The summed E-state index contributed by atoms with van der Waals surface area (Å²) in [6, 6.07) is 8.41. The van der Waals surface area contributed by atoms with Crippen molar-refractivity contribution < 1.29 is 13.9 Å². The first-order chi connectivity index (χ1) is 9.61. The first-order valence-electron chi connectivity index (χ1n) is 6.04. The van der Waals surface area contributed by atoms with Crippen molar-refractivity contribution in [3.63, 3.8) is 0 Å². The molecule has 2 rings (SSSR count). The predicted octanol–water partition coefficient (Wildman–Crippen LogP) is 2.56. The van der Waals surface area contributed by atoms with E-state index >= 15 is 0 Å². The molecule has 106 valence electrons. The summed E-state index contributed by atoms with van der Waals surface area (Å²) >= 11 is 6.10. The van der Waals surface area contributed by atoms with Crippen LogP contribution in [-0.4, -0.2) is 26.2 Å². The number of nitrogen functional groups attached to an aromatic ring is 1. The van der Waals surface area contributed by atoms with Crippen LogP contribution in [0.3, 0.4) is 0 Å². The molecule has 0 aliphatic carbocycles. The molecule has 0 radical (unpaired) electrons. The largest absolute Gasteiger partial charge is 0.451 e. The van der Waals surface area contributed by atoms with Crippen LogP contribution in [0.4, 0.5) is 5.69 Å². The minimum absolute atomic E-state index is 0.226. The number of hydrogen-bond donors (Lipinski definition) is 2. The van der Waals surface area contributed by atoms with Gasteiger partial charge in [-0.05, 0) is 30.3 Å². The Balaban J connectivity index is 2.14. The quantitative estimate of drug-likeness (QED) is 0.656. The van der Waals surface area contributed by atoms with Crippen LogP contribution in [0, 0.1) is 0 Å². The molecule has 1 aromatic heterocycles. The fourth-order valence-electron chi connectivity index (χ4n) is 1.69. The number of nitrogens with two attached hydrogens (primary N) is 1. The number of nitrogens with one attached hydrogen (secondary N) is 1. The third-order valence-corrected chi connectivity index (χ3v) is 2.99. The average Bonchev–Trinajstić information content (AvgIpc) is 2.88. The van der Waals surface area contributed by atoms with Crippen molar-refractivity contribution >= 4 is 23.2 Å². The molecule has 0 fully saturated rings. The van der Waals surface area contributed by atoms with Crippen molar-refractivity contribution in [1.29, 1.82) is 0 Å². The van der Waals surface area contributed by atoms with Crippen molar-refractivity contribution in [2.75, 3.05) is 26.0 Å². The molecule has 6 heteroatoms. The van der Waals surface area contributed by atoms with Crippen LogP contribution in [0.5, 0.6) is 0 Å². The second-order valence-corrected chi connectivity index (χ2v) is 4.56. The maximum atomic E-state index is 11.8. The minimum Gasteiger partial charge on any atom is -0.451 e. The van der Waals surface area contributed by atoms with E-state index in [1.807, 2.05) is 0 Å². The molecule has 0 atom stereocenters. The van der Waals surface area contributed by atoms with Gasteiger partial charge in [0.25, 0.3) is 5.91 Å². The number of carbonyl (C=O) groups excluding carboxylic acids is 1. The lowest BCUT2D eigenvalue weighted by atomic mass is 10.1. The number of rotatable bonds is 5. The summed E-state index contributed by atoms with van der Waals surface area (Å²) in [6.45, 7) is 0.872. The molecular formula is C14H15ClN2O3. The molecule has 0 aliphatic rings. The molecule has 0 saturated heterocycles. The molecule has 2 aromatic rings. The van der Waals surface area contributed by atoms with Gasteiger partial charge in [0.15, 0.2) is 5.76 Å². The Morgan fingerprint density at radius 1 is 1.40 bits per heavy atom. The lowest BCUT2D eigenvalue weighted by molar-refractivity contribution is 0.0910. The molecule has 1 aromatic carbocycles. The van der Waals surface area contributed by atoms with E-state index in [0.29, 0.717) is 35.2 Å². The van der Waals surface area contributed by atoms with E-state index in [1.54, 1.807) is 37.4 Å². The Kier molecular flexibility index (Phi) is 4.65. The van der Waals surface area contributed by atoms with Gasteiger partial charge < -0.3 is 20.2 Å². The Morgan fingerprint density at radius 2 is 2.20 bits per heavy atom. The number of benzene rings is 1. The lowest BCUT2D eigenvalue weighted by Gasteiger charge is -2.03. The highest BCUT2D eigenvalue weighted by Gasteiger charge is 2.13. The van der Waals surface area contributed by atoms with E-state index in [2.05, 4.69) is 5.32 Å². The van der Waals surface area contributed by atoms with Gasteiger partial charge in [-0.2, -0.15) is 0 Å². The molecule has 20 heavy (non-hydrogen) atoms. The molecule has 0 saturated carbocycles. The van der Waals surface area contributed by atoms with Crippen molar-refractivity contribution in [3.05, 3.63) is 41.1 Å². The van der Waals surface area contributed by atoms with Gasteiger partial charge in [-0.1, -0.05) is 11.6 Å². The zero-order valence-corrected chi connectivity index (χ0v) is 11.7. The van der Waals surface area contributed by atoms with Gasteiger partial charge in [0.1, 0.15) is 5.76 Å². The van der Waals surface area contributed by atoms with Crippen molar-refractivity contribution in [1.82, 2.24) is 5.32 Å². The zero-order valence-electron chi connectivity index (χ0n) is 11.0. The highest BCUT2D eigenvalue weighted by atomic mass is 35.5. The lowest BCUT2D eigenvalue weighted by Crippen LogP contribution is -2.26. The smallest absolute Gasteiger partial charge is 0.287 e. The van der Waals surface area contributed by atoms with E-state index in [0.717, 1.165) is 0 Å². The molecule has 1 amide bonds. The standard InChI is InChI=1S/C14H15ClN2O3/c1-19-7-6-17-14(18)13-5-4-12(20-13)10-3-2-9(16)8-11(10)15/h2-5,8H,6-7,16H2,1H3,(H,17,18). The average molecular weight is 295 g/mol. The van der Waals surface area contributed by atoms with Gasteiger partial charge in [-0.25, -0.2) is 0 Å². The Hall–Kier alpha value is -1.98. The number of amides is 1. The summed E-state index contributed by atoms with van der Waals surface area (Å²) in [7, 11) is 1.57. The zero-order chi connectivity index (χ0) is 14.5. The Bertz CT molecular complexity index is 610. The molecule has 0 aliphatic heterocycles. The van der Waals surface area contributed by atoms with Gasteiger partial charge in [0.2, 0.25) is 0 Å². The van der Waals surface area contributed by atoms with Gasteiger partial charge in [-0.15, -0.1) is 0 Å². The second kappa shape index (κ2) is 6.45. The summed E-state index contributed by atoms with van der Waals surface area (Å²) in [5.41, 5.74) is 6.90. The second-order valence-electron chi connectivity index (χ2n) is 4.15. The van der Waals surface area contributed by atoms with E-state index in [1.165, 1.54) is 0 Å². The van der Waals surface area contributed by atoms with Crippen molar-refractivity contribution in [2.24, 2.45) is 0 Å². The topological polar surface area (TPSA) is 77.5 Å². The third kappa shape index (κ3) is 3.31. The number of hydrogen-bond acceptors (Lipinski definition) is 4. The normalized spacial score (nSPS) is 10.5. The maximum absolute atomic E-state index is 11.8. The van der Waals surface area contributed by atoms with Crippen molar-refractivity contribution in [2.45, 2.75) is 0 Å². The van der Waals surface area contributed by atoms with E-state index < -0.39 is 0 Å². The van der Waals surface area contributed by atoms with Crippen LogP contribution in [0.2, 0.25) is 5.02 Å². The fourth-order valence-corrected chi connectivity index (χ4v) is 1.97. The molecule has 0 bridgehead atoms. The first-order valence-corrected chi connectivity index (χ1v) is 6.42. The van der Waals surface area contributed by atoms with E-state index in [4.69, 9.17) is 26.5 Å². The molecule has 5 nitrogen and oxygen atoms in total. The van der Waals surface area contributed by atoms with Crippen LogP contribution in [0.1, 0.15) is 10.6 Å². The van der Waals surface area contributed by atoms with Gasteiger partial charge >= 0.3 is 0 Å². The number of ether oxygens (including phenoxy) is 1. The molecule has 0 spiro atoms. The Labute approximate surface area is 121 Å². The number of furan rings is 1. The summed E-state index contributed by atoms with van der Waals surface area (Å²) in [6.07, 6.45) is 0. The highest BCUT2D eigenvalue weighted by Crippen LogP contribution is 2.30. The van der Waals surface area contributed by atoms with Crippen LogP contribution >= 0.6 is 11.6 Å². The van der Waals surface area contributed by atoms with Crippen LogP contribution in [-0.2, 0) is 4.74 Å². The summed E-state index contributed by atoms with van der Waals surface area (Å²) < 4.78 is 10.4. The van der Waals surface area contributed by atoms with Gasteiger partial charge in [-0.3, -0.25) is 4.79 Å². The predicted molar refractivity (Wildman–Crippen MR) is 77.8 cm³/mol. The van der Waals surface area contributed by atoms with Gasteiger partial charge in [0, 0.05) is 24.9 Å².